The third-order valence-electron chi connectivity index (χ3n) is 6.99. The Morgan fingerprint density at radius 3 is 2.29 bits per heavy atom. The normalized spacial score (nSPS) is 28.6. The van der Waals surface area contributed by atoms with Gasteiger partial charge in [-0.15, -0.1) is 0 Å². The molecule has 2 fully saturated rings. The number of halogens is 2. The molecular formula is C25H36ClFO. The first-order valence-corrected chi connectivity index (χ1v) is 11.7. The van der Waals surface area contributed by atoms with Gasteiger partial charge in [-0.2, -0.15) is 0 Å². The number of benzene rings is 1. The number of unbranched alkanes of at least 4 members (excludes halogenated alkanes) is 1. The Morgan fingerprint density at radius 1 is 1.04 bits per heavy atom. The number of ether oxygens (including phenoxy) is 1. The SMILES string of the molecule is CC=CC1CCC(C2CCC(c3ccc(OCCCC)c(F)c3Cl)CC2)CC1. The molecule has 0 radical (unpaired) electrons. The van der Waals surface area contributed by atoms with Crippen molar-refractivity contribution in [2.75, 3.05) is 6.61 Å². The molecule has 2 aliphatic rings. The maximum atomic E-state index is 14.6. The van der Waals surface area contributed by atoms with Crippen LogP contribution < -0.4 is 4.74 Å². The fourth-order valence-corrected chi connectivity index (χ4v) is 5.59. The lowest BCUT2D eigenvalue weighted by Crippen LogP contribution is -2.25. The highest BCUT2D eigenvalue weighted by Crippen LogP contribution is 2.46. The van der Waals surface area contributed by atoms with E-state index in [1.165, 1.54) is 38.5 Å². The van der Waals surface area contributed by atoms with Gasteiger partial charge in [0, 0.05) is 0 Å². The minimum atomic E-state index is -0.375. The maximum Gasteiger partial charge on any atom is 0.183 e. The molecular weight excluding hydrogens is 371 g/mol. The van der Waals surface area contributed by atoms with Crippen LogP contribution in [0, 0.1) is 23.6 Å². The molecule has 0 atom stereocenters. The summed E-state index contributed by atoms with van der Waals surface area (Å²) < 4.78 is 20.2. The van der Waals surface area contributed by atoms with Crippen molar-refractivity contribution >= 4 is 11.6 Å². The molecule has 0 aromatic heterocycles. The highest BCUT2D eigenvalue weighted by molar-refractivity contribution is 6.31. The summed E-state index contributed by atoms with van der Waals surface area (Å²) in [4.78, 5) is 0. The van der Waals surface area contributed by atoms with Crippen LogP contribution in [0.25, 0.3) is 0 Å². The van der Waals surface area contributed by atoms with Gasteiger partial charge < -0.3 is 4.74 Å². The maximum absolute atomic E-state index is 14.6. The zero-order chi connectivity index (χ0) is 19.9. The smallest absolute Gasteiger partial charge is 0.183 e. The van der Waals surface area contributed by atoms with E-state index in [2.05, 4.69) is 26.0 Å². The molecule has 3 rings (SSSR count). The Morgan fingerprint density at radius 2 is 1.68 bits per heavy atom. The first kappa shape index (κ1) is 21.7. The molecule has 0 spiro atoms. The van der Waals surface area contributed by atoms with Gasteiger partial charge in [-0.25, -0.2) is 4.39 Å². The number of allylic oxidation sites excluding steroid dienone is 2. The van der Waals surface area contributed by atoms with E-state index in [0.717, 1.165) is 49.0 Å². The van der Waals surface area contributed by atoms with E-state index in [9.17, 15) is 4.39 Å². The summed E-state index contributed by atoms with van der Waals surface area (Å²) in [5.41, 5.74) is 0.984. The van der Waals surface area contributed by atoms with Crippen LogP contribution in [0.1, 0.15) is 89.5 Å². The highest BCUT2D eigenvalue weighted by Gasteiger charge is 2.32. The lowest BCUT2D eigenvalue weighted by molar-refractivity contribution is 0.171. The van der Waals surface area contributed by atoms with E-state index < -0.39 is 0 Å². The van der Waals surface area contributed by atoms with Crippen LogP contribution >= 0.6 is 11.6 Å². The van der Waals surface area contributed by atoms with Gasteiger partial charge in [0.15, 0.2) is 11.6 Å². The lowest BCUT2D eigenvalue weighted by Gasteiger charge is -2.37. The van der Waals surface area contributed by atoms with Gasteiger partial charge in [-0.05, 0) is 100 Å². The third kappa shape index (κ3) is 5.32. The lowest BCUT2D eigenvalue weighted by atomic mass is 9.68. The summed E-state index contributed by atoms with van der Waals surface area (Å²) in [6, 6.07) is 3.78. The van der Waals surface area contributed by atoms with Crippen molar-refractivity contribution < 1.29 is 9.13 Å². The predicted octanol–water partition coefficient (Wildman–Crippen LogP) is 8.31. The first-order chi connectivity index (χ1) is 13.6. The molecule has 0 N–H and O–H groups in total. The quantitative estimate of drug-likeness (QED) is 0.326. The molecule has 1 aromatic carbocycles. The van der Waals surface area contributed by atoms with Gasteiger partial charge in [0.1, 0.15) is 0 Å². The van der Waals surface area contributed by atoms with Gasteiger partial charge in [-0.3, -0.25) is 0 Å². The number of hydrogen-bond acceptors (Lipinski definition) is 1. The topological polar surface area (TPSA) is 9.23 Å². The summed E-state index contributed by atoms with van der Waals surface area (Å²) in [7, 11) is 0. The standard InChI is InChI=1S/C25H36ClFO/c1-3-5-17-28-23-16-15-22(24(26)25(23)27)21-13-11-20(12-14-21)19-9-7-18(6-4-2)8-10-19/h4,6,15-16,18-21H,3,5,7-14,17H2,1-2H3. The second kappa shape index (κ2) is 10.7. The number of rotatable bonds is 7. The van der Waals surface area contributed by atoms with Crippen LogP contribution in [0.15, 0.2) is 24.3 Å². The Kier molecular flexibility index (Phi) is 8.26. The van der Waals surface area contributed by atoms with Crippen molar-refractivity contribution in [3.63, 3.8) is 0 Å². The average Bonchev–Trinajstić information content (AvgIpc) is 2.72. The Hall–Kier alpha value is -1.02. The van der Waals surface area contributed by atoms with Crippen LogP contribution in [0.2, 0.25) is 5.02 Å². The van der Waals surface area contributed by atoms with E-state index in [0.29, 0.717) is 18.3 Å². The third-order valence-corrected chi connectivity index (χ3v) is 7.38. The molecule has 0 unspecified atom stereocenters. The summed E-state index contributed by atoms with van der Waals surface area (Å²) >= 11 is 6.41. The Labute approximate surface area is 175 Å². The van der Waals surface area contributed by atoms with Crippen LogP contribution in [0.5, 0.6) is 5.75 Å². The van der Waals surface area contributed by atoms with Crippen molar-refractivity contribution in [1.29, 1.82) is 0 Å². The van der Waals surface area contributed by atoms with E-state index >= 15 is 0 Å². The fourth-order valence-electron chi connectivity index (χ4n) is 5.28. The van der Waals surface area contributed by atoms with Gasteiger partial charge in [0.25, 0.3) is 0 Å². The molecule has 0 amide bonds. The summed E-state index contributed by atoms with van der Waals surface area (Å²) in [6.07, 6.45) is 16.8. The molecule has 2 aliphatic carbocycles. The molecule has 0 bridgehead atoms. The molecule has 1 aromatic rings. The van der Waals surface area contributed by atoms with Crippen molar-refractivity contribution in [3.05, 3.63) is 40.7 Å². The van der Waals surface area contributed by atoms with Gasteiger partial charge in [0.2, 0.25) is 0 Å². The van der Waals surface area contributed by atoms with Gasteiger partial charge in [-0.1, -0.05) is 43.2 Å². The van der Waals surface area contributed by atoms with Crippen molar-refractivity contribution in [2.24, 2.45) is 17.8 Å². The van der Waals surface area contributed by atoms with Crippen molar-refractivity contribution in [1.82, 2.24) is 0 Å². The van der Waals surface area contributed by atoms with Crippen molar-refractivity contribution in [3.8, 4) is 5.75 Å². The number of hydrogen-bond donors (Lipinski definition) is 0. The average molecular weight is 407 g/mol. The zero-order valence-corrected chi connectivity index (χ0v) is 18.3. The van der Waals surface area contributed by atoms with E-state index in [1.807, 2.05) is 6.07 Å². The molecule has 28 heavy (non-hydrogen) atoms. The van der Waals surface area contributed by atoms with Crippen LogP contribution in [0.4, 0.5) is 4.39 Å². The molecule has 3 heteroatoms. The van der Waals surface area contributed by atoms with Crippen LogP contribution in [-0.2, 0) is 0 Å². The summed E-state index contributed by atoms with van der Waals surface area (Å²) in [5.74, 6) is 2.86. The first-order valence-electron chi connectivity index (χ1n) is 11.4. The molecule has 0 saturated heterocycles. The Bertz CT molecular complexity index is 640. The second-order valence-electron chi connectivity index (χ2n) is 8.80. The molecule has 1 nitrogen and oxygen atoms in total. The van der Waals surface area contributed by atoms with E-state index in [-0.39, 0.29) is 10.8 Å². The molecule has 2 saturated carbocycles. The van der Waals surface area contributed by atoms with Gasteiger partial charge >= 0.3 is 0 Å². The van der Waals surface area contributed by atoms with E-state index in [4.69, 9.17) is 16.3 Å². The van der Waals surface area contributed by atoms with Crippen LogP contribution in [0.3, 0.4) is 0 Å². The van der Waals surface area contributed by atoms with E-state index in [1.54, 1.807) is 6.07 Å². The fraction of sp³-hybridized carbons (Fsp3) is 0.680. The largest absolute Gasteiger partial charge is 0.490 e. The predicted molar refractivity (Wildman–Crippen MR) is 117 cm³/mol. The summed E-state index contributed by atoms with van der Waals surface area (Å²) in [6.45, 7) is 4.77. The summed E-state index contributed by atoms with van der Waals surface area (Å²) in [5, 5.41) is 0.282. The minimum absolute atomic E-state index is 0.282. The second-order valence-corrected chi connectivity index (χ2v) is 9.17. The molecule has 0 aliphatic heterocycles. The highest BCUT2D eigenvalue weighted by atomic mass is 35.5. The molecule has 0 heterocycles. The monoisotopic (exact) mass is 406 g/mol. The van der Waals surface area contributed by atoms with Crippen LogP contribution in [-0.4, -0.2) is 6.61 Å². The van der Waals surface area contributed by atoms with Gasteiger partial charge in [0.05, 0.1) is 11.6 Å². The van der Waals surface area contributed by atoms with Crippen molar-refractivity contribution in [2.45, 2.75) is 84.0 Å². The zero-order valence-electron chi connectivity index (χ0n) is 17.6. The minimum Gasteiger partial charge on any atom is -0.490 e. The molecule has 156 valence electrons. The Balaban J connectivity index is 1.54.